The third-order valence-corrected chi connectivity index (χ3v) is 7.64. The molecule has 0 aromatic heterocycles. The third-order valence-electron chi connectivity index (χ3n) is 7.64. The van der Waals surface area contributed by atoms with Crippen molar-refractivity contribution in [2.24, 2.45) is 17.8 Å². The van der Waals surface area contributed by atoms with Crippen LogP contribution in [0.15, 0.2) is 42.5 Å². The van der Waals surface area contributed by atoms with Gasteiger partial charge in [-0.15, -0.1) is 0 Å². The maximum absolute atomic E-state index is 12.5. The van der Waals surface area contributed by atoms with Gasteiger partial charge in [0.05, 0.1) is 13.5 Å². The molecule has 6 rings (SSSR count). The number of anilines is 1. The Balaban J connectivity index is 1.25. The van der Waals surface area contributed by atoms with Crippen LogP contribution in [0.25, 0.3) is 0 Å². The van der Waals surface area contributed by atoms with Crippen molar-refractivity contribution in [3.05, 3.63) is 59.2 Å². The lowest BCUT2D eigenvalue weighted by Crippen LogP contribution is -2.48. The fraction of sp³-hybridized carbons (Fsp3) is 0.500. The molecule has 3 heteroatoms. The van der Waals surface area contributed by atoms with Gasteiger partial charge in [-0.2, -0.15) is 0 Å². The summed E-state index contributed by atoms with van der Waals surface area (Å²) in [6.07, 6.45) is 8.92. The molecule has 4 saturated carbocycles. The number of hydrogen-bond acceptors (Lipinski definition) is 2. The lowest BCUT2D eigenvalue weighted by atomic mass is 9.48. The molecule has 0 heterocycles. The average molecular weight is 390 g/mol. The van der Waals surface area contributed by atoms with E-state index in [1.165, 1.54) is 44.1 Å². The summed E-state index contributed by atoms with van der Waals surface area (Å²) in [4.78, 5) is 12.5. The summed E-state index contributed by atoms with van der Waals surface area (Å²) in [5.41, 5.74) is 4.87. The minimum atomic E-state index is 0.0251. The highest BCUT2D eigenvalue weighted by molar-refractivity contribution is 5.92. The largest absolute Gasteiger partial charge is 0.496 e. The summed E-state index contributed by atoms with van der Waals surface area (Å²) >= 11 is 0. The van der Waals surface area contributed by atoms with E-state index in [2.05, 4.69) is 29.6 Å². The predicted molar refractivity (Wildman–Crippen MR) is 116 cm³/mol. The quantitative estimate of drug-likeness (QED) is 0.717. The maximum Gasteiger partial charge on any atom is 0.228 e. The van der Waals surface area contributed by atoms with Crippen LogP contribution < -0.4 is 10.1 Å². The number of nitrogens with one attached hydrogen (secondary N) is 1. The van der Waals surface area contributed by atoms with Gasteiger partial charge in [-0.3, -0.25) is 4.79 Å². The summed E-state index contributed by atoms with van der Waals surface area (Å²) in [6, 6.07) is 14.7. The Morgan fingerprint density at radius 2 is 1.62 bits per heavy atom. The molecule has 4 bridgehead atoms. The number of benzene rings is 2. The van der Waals surface area contributed by atoms with Crippen molar-refractivity contribution in [2.75, 3.05) is 12.4 Å². The van der Waals surface area contributed by atoms with E-state index in [4.69, 9.17) is 4.74 Å². The lowest BCUT2D eigenvalue weighted by molar-refractivity contribution is -0.115. The predicted octanol–water partition coefficient (Wildman–Crippen LogP) is 5.65. The molecule has 4 aliphatic carbocycles. The Morgan fingerprint density at radius 1 is 1.00 bits per heavy atom. The molecule has 4 aliphatic rings. The highest BCUT2D eigenvalue weighted by atomic mass is 16.5. The Bertz CT molecular complexity index is 880. The number of hydrogen-bond donors (Lipinski definition) is 1. The minimum absolute atomic E-state index is 0.0251. The van der Waals surface area contributed by atoms with Gasteiger partial charge in [0.1, 0.15) is 5.75 Å². The Kier molecular flexibility index (Phi) is 4.64. The number of ether oxygens (including phenoxy) is 1. The van der Waals surface area contributed by atoms with Crippen molar-refractivity contribution < 1.29 is 9.53 Å². The highest BCUT2D eigenvalue weighted by Gasteiger charge is 2.51. The second kappa shape index (κ2) is 7.19. The fourth-order valence-corrected chi connectivity index (χ4v) is 6.81. The number of carbonyl (C=O) groups is 1. The number of rotatable bonds is 5. The van der Waals surface area contributed by atoms with Gasteiger partial charge in [-0.1, -0.05) is 24.3 Å². The van der Waals surface area contributed by atoms with E-state index in [1.807, 2.05) is 25.1 Å². The normalized spacial score (nSPS) is 29.7. The van der Waals surface area contributed by atoms with Gasteiger partial charge in [-0.05, 0) is 104 Å². The molecule has 1 amide bonds. The maximum atomic E-state index is 12.5. The Morgan fingerprint density at radius 3 is 2.17 bits per heavy atom. The van der Waals surface area contributed by atoms with Crippen LogP contribution in [0.3, 0.4) is 0 Å². The summed E-state index contributed by atoms with van der Waals surface area (Å²) in [7, 11) is 1.67. The first-order chi connectivity index (χ1) is 14.0. The smallest absolute Gasteiger partial charge is 0.228 e. The second-order valence-electron chi connectivity index (χ2n) is 9.80. The monoisotopic (exact) mass is 389 g/mol. The van der Waals surface area contributed by atoms with Crippen LogP contribution in [0.1, 0.15) is 55.2 Å². The van der Waals surface area contributed by atoms with Gasteiger partial charge in [0.25, 0.3) is 0 Å². The number of carbonyl (C=O) groups excluding carboxylic acids is 1. The molecule has 29 heavy (non-hydrogen) atoms. The number of methoxy groups -OCH3 is 1. The SMILES string of the molecule is COc1ccc(CC(=O)Nc2ccc(C34CC5CC(CC(C5)C3)C4)cc2)cc1C. The Labute approximate surface area is 173 Å². The van der Waals surface area contributed by atoms with E-state index in [0.717, 1.165) is 40.3 Å². The zero-order valence-electron chi connectivity index (χ0n) is 17.5. The van der Waals surface area contributed by atoms with Crippen LogP contribution in [0.5, 0.6) is 5.75 Å². The zero-order chi connectivity index (χ0) is 20.0. The minimum Gasteiger partial charge on any atom is -0.496 e. The van der Waals surface area contributed by atoms with Gasteiger partial charge >= 0.3 is 0 Å². The van der Waals surface area contributed by atoms with E-state index in [9.17, 15) is 4.79 Å². The van der Waals surface area contributed by atoms with Crippen LogP contribution in [-0.2, 0) is 16.6 Å². The van der Waals surface area contributed by atoms with E-state index >= 15 is 0 Å². The first kappa shape index (κ1) is 18.7. The first-order valence-corrected chi connectivity index (χ1v) is 11.1. The average Bonchev–Trinajstić information content (AvgIpc) is 2.67. The number of amides is 1. The lowest BCUT2D eigenvalue weighted by Gasteiger charge is -2.57. The van der Waals surface area contributed by atoms with Crippen LogP contribution in [0, 0.1) is 24.7 Å². The van der Waals surface area contributed by atoms with Crippen molar-refractivity contribution in [1.82, 2.24) is 0 Å². The van der Waals surface area contributed by atoms with Gasteiger partial charge in [-0.25, -0.2) is 0 Å². The summed E-state index contributed by atoms with van der Waals surface area (Å²) < 4.78 is 5.30. The zero-order valence-corrected chi connectivity index (χ0v) is 17.5. The molecule has 0 spiro atoms. The summed E-state index contributed by atoms with van der Waals surface area (Å²) in [6.45, 7) is 2.00. The molecule has 0 radical (unpaired) electrons. The van der Waals surface area contributed by atoms with Gasteiger partial charge in [0.15, 0.2) is 0 Å². The molecule has 4 fully saturated rings. The van der Waals surface area contributed by atoms with Crippen molar-refractivity contribution in [3.63, 3.8) is 0 Å². The Hall–Kier alpha value is -2.29. The van der Waals surface area contributed by atoms with Crippen molar-refractivity contribution in [3.8, 4) is 5.75 Å². The highest BCUT2D eigenvalue weighted by Crippen LogP contribution is 2.60. The van der Waals surface area contributed by atoms with Gasteiger partial charge in [0, 0.05) is 5.69 Å². The van der Waals surface area contributed by atoms with E-state index in [0.29, 0.717) is 11.8 Å². The first-order valence-electron chi connectivity index (χ1n) is 11.1. The third kappa shape index (κ3) is 3.56. The number of aryl methyl sites for hydroxylation is 1. The molecular weight excluding hydrogens is 358 g/mol. The molecule has 0 saturated heterocycles. The molecular formula is C26H31NO2. The van der Waals surface area contributed by atoms with Crippen LogP contribution in [-0.4, -0.2) is 13.0 Å². The molecule has 0 unspecified atom stereocenters. The standard InChI is InChI=1S/C26H31NO2/c1-17-9-18(3-8-24(17)29-2)13-25(28)27-23-6-4-22(5-7-23)26-14-19-10-20(15-26)12-21(11-19)16-26/h3-9,19-21H,10-16H2,1-2H3,(H,27,28). The summed E-state index contributed by atoms with van der Waals surface area (Å²) in [5.74, 6) is 3.74. The topological polar surface area (TPSA) is 38.3 Å². The van der Waals surface area contributed by atoms with Crippen molar-refractivity contribution in [2.45, 2.75) is 57.3 Å². The van der Waals surface area contributed by atoms with Crippen molar-refractivity contribution >= 4 is 11.6 Å². The van der Waals surface area contributed by atoms with E-state index in [-0.39, 0.29) is 5.91 Å². The van der Waals surface area contributed by atoms with Crippen LogP contribution >= 0.6 is 0 Å². The molecule has 2 aromatic carbocycles. The molecule has 2 aromatic rings. The van der Waals surface area contributed by atoms with Crippen LogP contribution in [0.2, 0.25) is 0 Å². The molecule has 3 nitrogen and oxygen atoms in total. The fourth-order valence-electron chi connectivity index (χ4n) is 6.81. The van der Waals surface area contributed by atoms with E-state index < -0.39 is 0 Å². The molecule has 0 atom stereocenters. The van der Waals surface area contributed by atoms with Crippen molar-refractivity contribution in [1.29, 1.82) is 0 Å². The van der Waals surface area contributed by atoms with E-state index in [1.54, 1.807) is 7.11 Å². The molecule has 0 aliphatic heterocycles. The molecule has 152 valence electrons. The molecule has 1 N–H and O–H groups in total. The van der Waals surface area contributed by atoms with Gasteiger partial charge < -0.3 is 10.1 Å². The second-order valence-corrected chi connectivity index (χ2v) is 9.80. The summed E-state index contributed by atoms with van der Waals surface area (Å²) in [5, 5.41) is 3.07. The van der Waals surface area contributed by atoms with Gasteiger partial charge in [0.2, 0.25) is 5.91 Å². The van der Waals surface area contributed by atoms with Crippen LogP contribution in [0.4, 0.5) is 5.69 Å².